The zero-order valence-corrected chi connectivity index (χ0v) is 12.2. The molecule has 0 aromatic carbocycles. The summed E-state index contributed by atoms with van der Waals surface area (Å²) in [6.45, 7) is 8.50. The van der Waals surface area contributed by atoms with Gasteiger partial charge in [0.2, 0.25) is 5.88 Å². The van der Waals surface area contributed by atoms with Crippen LogP contribution in [0.1, 0.15) is 32.3 Å². The van der Waals surface area contributed by atoms with Crippen molar-refractivity contribution in [1.82, 2.24) is 9.97 Å². The minimum atomic E-state index is 0.594. The molecule has 0 aliphatic heterocycles. The van der Waals surface area contributed by atoms with Crippen LogP contribution in [0.4, 0.5) is 5.82 Å². The largest absolute Gasteiger partial charge is 0.478 e. The molecule has 0 spiro atoms. The van der Waals surface area contributed by atoms with Crippen molar-refractivity contribution in [3.63, 3.8) is 0 Å². The summed E-state index contributed by atoms with van der Waals surface area (Å²) in [6.07, 6.45) is 3.84. The van der Waals surface area contributed by atoms with E-state index in [1.54, 1.807) is 6.33 Å². The maximum absolute atomic E-state index is 5.86. The molecule has 102 valence electrons. The molecule has 0 unspecified atom stereocenters. The first kappa shape index (κ1) is 15.0. The molecule has 1 aromatic heterocycles. The Kier molecular flexibility index (Phi) is 6.80. The molecular weight excluding hydrogens is 250 g/mol. The maximum atomic E-state index is 5.86. The predicted molar refractivity (Wildman–Crippen MR) is 75.8 cm³/mol. The minimum Gasteiger partial charge on any atom is -0.478 e. The van der Waals surface area contributed by atoms with Crippen LogP contribution in [0.5, 0.6) is 5.88 Å². The number of hydrogen-bond acceptors (Lipinski definition) is 4. The van der Waals surface area contributed by atoms with Crippen LogP contribution in [0.25, 0.3) is 0 Å². The van der Waals surface area contributed by atoms with E-state index in [0.717, 1.165) is 37.3 Å². The van der Waals surface area contributed by atoms with Gasteiger partial charge in [0, 0.05) is 19.0 Å². The van der Waals surface area contributed by atoms with Gasteiger partial charge in [0.25, 0.3) is 0 Å². The van der Waals surface area contributed by atoms with Crippen LogP contribution in [0, 0.1) is 6.92 Å². The average Bonchev–Trinajstić information content (AvgIpc) is 2.38. The second-order valence-corrected chi connectivity index (χ2v) is 4.47. The highest BCUT2D eigenvalue weighted by atomic mass is 35.5. The number of rotatable bonds is 8. The van der Waals surface area contributed by atoms with Gasteiger partial charge in [-0.2, -0.15) is 0 Å². The summed E-state index contributed by atoms with van der Waals surface area (Å²) >= 11 is 5.86. The van der Waals surface area contributed by atoms with Crippen molar-refractivity contribution in [3.8, 4) is 5.88 Å². The van der Waals surface area contributed by atoms with Crippen molar-refractivity contribution in [2.45, 2.75) is 33.6 Å². The number of alkyl halides is 1. The summed E-state index contributed by atoms with van der Waals surface area (Å²) in [4.78, 5) is 10.7. The van der Waals surface area contributed by atoms with Crippen molar-refractivity contribution in [2.75, 3.05) is 30.5 Å². The molecule has 1 aromatic rings. The Morgan fingerprint density at radius 1 is 1.28 bits per heavy atom. The number of hydrogen-bond donors (Lipinski definition) is 0. The Morgan fingerprint density at radius 3 is 2.67 bits per heavy atom. The zero-order chi connectivity index (χ0) is 13.4. The van der Waals surface area contributed by atoms with Gasteiger partial charge in [-0.3, -0.25) is 0 Å². The van der Waals surface area contributed by atoms with E-state index in [0.29, 0.717) is 18.4 Å². The first-order valence-electron chi connectivity index (χ1n) is 6.49. The van der Waals surface area contributed by atoms with E-state index in [1.165, 1.54) is 0 Å². The third-order valence-electron chi connectivity index (χ3n) is 2.73. The lowest BCUT2D eigenvalue weighted by Crippen LogP contribution is -2.28. The van der Waals surface area contributed by atoms with Gasteiger partial charge < -0.3 is 9.64 Å². The van der Waals surface area contributed by atoms with Crippen molar-refractivity contribution >= 4 is 17.4 Å². The molecular formula is C13H22ClN3O. The standard InChI is InChI=1S/C13H22ClN3O/c1-4-6-8-17(9-7-14)12-11(3)13(18-5-2)16-10-15-12/h10H,4-9H2,1-3H3. The van der Waals surface area contributed by atoms with Gasteiger partial charge in [-0.05, 0) is 20.3 Å². The van der Waals surface area contributed by atoms with E-state index < -0.39 is 0 Å². The summed E-state index contributed by atoms with van der Waals surface area (Å²) in [5, 5.41) is 0. The van der Waals surface area contributed by atoms with Gasteiger partial charge in [-0.1, -0.05) is 13.3 Å². The fourth-order valence-electron chi connectivity index (χ4n) is 1.80. The third kappa shape index (κ3) is 4.02. The fourth-order valence-corrected chi connectivity index (χ4v) is 2.00. The highest BCUT2D eigenvalue weighted by molar-refractivity contribution is 6.18. The molecule has 4 nitrogen and oxygen atoms in total. The number of ether oxygens (including phenoxy) is 1. The van der Waals surface area contributed by atoms with Crippen molar-refractivity contribution in [2.24, 2.45) is 0 Å². The Hall–Kier alpha value is -1.03. The Labute approximate surface area is 114 Å². The van der Waals surface area contributed by atoms with Crippen LogP contribution in [0.2, 0.25) is 0 Å². The van der Waals surface area contributed by atoms with Gasteiger partial charge in [-0.15, -0.1) is 11.6 Å². The van der Waals surface area contributed by atoms with E-state index in [2.05, 4.69) is 21.8 Å². The number of nitrogens with zero attached hydrogens (tertiary/aromatic N) is 3. The molecule has 0 saturated carbocycles. The third-order valence-corrected chi connectivity index (χ3v) is 2.90. The van der Waals surface area contributed by atoms with Crippen LogP contribution in [0.3, 0.4) is 0 Å². The van der Waals surface area contributed by atoms with Crippen molar-refractivity contribution < 1.29 is 4.74 Å². The zero-order valence-electron chi connectivity index (χ0n) is 11.4. The molecule has 5 heteroatoms. The first-order chi connectivity index (χ1) is 8.74. The first-order valence-corrected chi connectivity index (χ1v) is 7.03. The van der Waals surface area contributed by atoms with Gasteiger partial charge in [0.1, 0.15) is 12.1 Å². The maximum Gasteiger partial charge on any atom is 0.221 e. The molecule has 0 fully saturated rings. The summed E-state index contributed by atoms with van der Waals surface area (Å²) in [7, 11) is 0. The van der Waals surface area contributed by atoms with Crippen molar-refractivity contribution in [3.05, 3.63) is 11.9 Å². The monoisotopic (exact) mass is 271 g/mol. The number of anilines is 1. The van der Waals surface area contributed by atoms with E-state index in [4.69, 9.17) is 16.3 Å². The summed E-state index contributed by atoms with van der Waals surface area (Å²) in [5.74, 6) is 2.19. The normalized spacial score (nSPS) is 10.4. The van der Waals surface area contributed by atoms with Gasteiger partial charge in [-0.25, -0.2) is 9.97 Å². The number of aromatic nitrogens is 2. The highest BCUT2D eigenvalue weighted by Crippen LogP contribution is 2.24. The molecule has 0 amide bonds. The highest BCUT2D eigenvalue weighted by Gasteiger charge is 2.14. The second kappa shape index (κ2) is 8.14. The Balaban J connectivity index is 2.92. The molecule has 0 aliphatic carbocycles. The van der Waals surface area contributed by atoms with Gasteiger partial charge in [0.05, 0.1) is 12.2 Å². The van der Waals surface area contributed by atoms with E-state index in [-0.39, 0.29) is 0 Å². The molecule has 1 heterocycles. The molecule has 0 aliphatic rings. The Morgan fingerprint density at radius 2 is 2.06 bits per heavy atom. The van der Waals surface area contributed by atoms with Crippen LogP contribution in [-0.4, -0.2) is 35.5 Å². The van der Waals surface area contributed by atoms with E-state index >= 15 is 0 Å². The Bertz CT molecular complexity index is 360. The van der Waals surface area contributed by atoms with Crippen LogP contribution in [0.15, 0.2) is 6.33 Å². The summed E-state index contributed by atoms with van der Waals surface area (Å²) in [6, 6.07) is 0. The van der Waals surface area contributed by atoms with Gasteiger partial charge in [0.15, 0.2) is 0 Å². The molecule has 18 heavy (non-hydrogen) atoms. The predicted octanol–water partition coefficient (Wildman–Crippen LogP) is 3.03. The molecule has 0 N–H and O–H groups in total. The lowest BCUT2D eigenvalue weighted by atomic mass is 10.2. The molecule has 0 radical (unpaired) electrons. The molecule has 0 atom stereocenters. The molecule has 0 saturated heterocycles. The summed E-state index contributed by atoms with van der Waals surface area (Å²) < 4.78 is 5.50. The second-order valence-electron chi connectivity index (χ2n) is 4.09. The van der Waals surface area contributed by atoms with Crippen LogP contribution < -0.4 is 9.64 Å². The molecule has 1 rings (SSSR count). The topological polar surface area (TPSA) is 38.2 Å². The quantitative estimate of drug-likeness (QED) is 0.681. The van der Waals surface area contributed by atoms with Crippen LogP contribution in [-0.2, 0) is 0 Å². The summed E-state index contributed by atoms with van der Waals surface area (Å²) in [5.41, 5.74) is 0.987. The lowest BCUT2D eigenvalue weighted by Gasteiger charge is -2.24. The van der Waals surface area contributed by atoms with E-state index in [1.807, 2.05) is 13.8 Å². The molecule has 0 bridgehead atoms. The number of unbranched alkanes of at least 4 members (excludes halogenated alkanes) is 1. The van der Waals surface area contributed by atoms with Crippen molar-refractivity contribution in [1.29, 1.82) is 0 Å². The van der Waals surface area contributed by atoms with E-state index in [9.17, 15) is 0 Å². The fraction of sp³-hybridized carbons (Fsp3) is 0.692. The van der Waals surface area contributed by atoms with Gasteiger partial charge >= 0.3 is 0 Å². The van der Waals surface area contributed by atoms with Crippen LogP contribution >= 0.6 is 11.6 Å². The smallest absolute Gasteiger partial charge is 0.221 e. The average molecular weight is 272 g/mol. The number of halogens is 1. The SMILES string of the molecule is CCCCN(CCCl)c1ncnc(OCC)c1C. The lowest BCUT2D eigenvalue weighted by molar-refractivity contribution is 0.323. The minimum absolute atomic E-state index is 0.594.